The van der Waals surface area contributed by atoms with Gasteiger partial charge in [-0.25, -0.2) is 8.42 Å². The summed E-state index contributed by atoms with van der Waals surface area (Å²) in [6.45, 7) is 1.75. The van der Waals surface area contributed by atoms with E-state index >= 15 is 0 Å². The molecule has 0 bridgehead atoms. The van der Waals surface area contributed by atoms with Gasteiger partial charge in [-0.3, -0.25) is 4.79 Å². The Labute approximate surface area is 201 Å². The van der Waals surface area contributed by atoms with Crippen molar-refractivity contribution in [1.82, 2.24) is 9.21 Å². The van der Waals surface area contributed by atoms with Crippen molar-refractivity contribution in [1.29, 1.82) is 0 Å². The Morgan fingerprint density at radius 2 is 1.50 bits per heavy atom. The van der Waals surface area contributed by atoms with Crippen molar-refractivity contribution >= 4 is 15.9 Å². The van der Waals surface area contributed by atoms with E-state index in [-0.39, 0.29) is 29.8 Å². The number of hydrogen-bond acceptors (Lipinski definition) is 6. The van der Waals surface area contributed by atoms with E-state index in [1.165, 1.54) is 25.6 Å². The maximum Gasteiger partial charge on any atom is 0.243 e. The number of ether oxygens (including phenoxy) is 3. The van der Waals surface area contributed by atoms with Gasteiger partial charge in [-0.05, 0) is 49.1 Å². The molecule has 0 N–H and O–H groups in total. The van der Waals surface area contributed by atoms with Gasteiger partial charge in [0.05, 0.1) is 32.1 Å². The monoisotopic (exact) mass is 488 g/mol. The van der Waals surface area contributed by atoms with E-state index in [0.29, 0.717) is 30.3 Å². The van der Waals surface area contributed by atoms with Gasteiger partial charge in [0.15, 0.2) is 11.5 Å². The molecule has 184 valence electrons. The van der Waals surface area contributed by atoms with Crippen molar-refractivity contribution in [3.63, 3.8) is 0 Å². The Morgan fingerprint density at radius 3 is 2.06 bits per heavy atom. The molecular formula is C25H32N2O6S. The Morgan fingerprint density at radius 1 is 0.882 bits per heavy atom. The van der Waals surface area contributed by atoms with Crippen LogP contribution in [0.25, 0.3) is 0 Å². The van der Waals surface area contributed by atoms with E-state index in [4.69, 9.17) is 14.2 Å². The zero-order valence-electron chi connectivity index (χ0n) is 19.9. The predicted octanol–water partition coefficient (Wildman–Crippen LogP) is 3.13. The molecule has 2 aliphatic heterocycles. The number of carbonyl (C=O) groups excluding carboxylic acids is 1. The highest BCUT2D eigenvalue weighted by Crippen LogP contribution is 2.44. The maximum absolute atomic E-state index is 13.6. The molecular weight excluding hydrogens is 456 g/mol. The molecule has 2 heterocycles. The molecule has 2 fully saturated rings. The number of piperidine rings is 1. The van der Waals surface area contributed by atoms with Gasteiger partial charge in [0.2, 0.25) is 21.7 Å². The summed E-state index contributed by atoms with van der Waals surface area (Å²) in [5.74, 6) is 0.570. The van der Waals surface area contributed by atoms with Crippen LogP contribution in [0.1, 0.15) is 30.7 Å². The molecule has 4 rings (SSSR count). The highest BCUT2D eigenvalue weighted by molar-refractivity contribution is 7.89. The molecule has 2 aliphatic rings. The molecule has 0 spiro atoms. The molecule has 9 heteroatoms. The lowest BCUT2D eigenvalue weighted by atomic mass is 9.87. The van der Waals surface area contributed by atoms with Crippen LogP contribution < -0.4 is 14.2 Å². The van der Waals surface area contributed by atoms with Gasteiger partial charge in [0.1, 0.15) is 0 Å². The number of amides is 1. The van der Waals surface area contributed by atoms with Gasteiger partial charge >= 0.3 is 0 Å². The topological polar surface area (TPSA) is 85.4 Å². The van der Waals surface area contributed by atoms with E-state index in [2.05, 4.69) is 0 Å². The van der Waals surface area contributed by atoms with Crippen LogP contribution in [0.5, 0.6) is 17.2 Å². The minimum absolute atomic E-state index is 0.00390. The number of hydrogen-bond donors (Lipinski definition) is 0. The molecule has 34 heavy (non-hydrogen) atoms. The van der Waals surface area contributed by atoms with Crippen molar-refractivity contribution < 1.29 is 27.4 Å². The third kappa shape index (κ3) is 4.59. The van der Waals surface area contributed by atoms with E-state index in [1.54, 1.807) is 30.3 Å². The van der Waals surface area contributed by atoms with Gasteiger partial charge in [0, 0.05) is 32.1 Å². The lowest BCUT2D eigenvalue weighted by Crippen LogP contribution is -2.42. The van der Waals surface area contributed by atoms with Crippen molar-refractivity contribution in [3.05, 3.63) is 48.0 Å². The van der Waals surface area contributed by atoms with Crippen molar-refractivity contribution in [2.24, 2.45) is 5.92 Å². The average molecular weight is 489 g/mol. The fourth-order valence-electron chi connectivity index (χ4n) is 4.96. The summed E-state index contributed by atoms with van der Waals surface area (Å²) in [5.41, 5.74) is 0.788. The number of sulfonamides is 1. The Bertz CT molecular complexity index is 1090. The minimum Gasteiger partial charge on any atom is -0.493 e. The summed E-state index contributed by atoms with van der Waals surface area (Å²) in [4.78, 5) is 15.8. The van der Waals surface area contributed by atoms with E-state index in [9.17, 15) is 13.2 Å². The first-order valence-electron chi connectivity index (χ1n) is 11.5. The number of carbonyl (C=O) groups is 1. The highest BCUT2D eigenvalue weighted by Gasteiger charge is 2.45. The Balaban J connectivity index is 1.74. The first kappa shape index (κ1) is 24.3. The normalized spacial score (nSPS) is 21.3. The van der Waals surface area contributed by atoms with Crippen LogP contribution in [-0.4, -0.2) is 71.0 Å². The van der Waals surface area contributed by atoms with Gasteiger partial charge in [-0.1, -0.05) is 18.2 Å². The van der Waals surface area contributed by atoms with Crippen molar-refractivity contribution in [2.45, 2.75) is 30.1 Å². The van der Waals surface area contributed by atoms with E-state index < -0.39 is 15.9 Å². The van der Waals surface area contributed by atoms with E-state index in [1.807, 2.05) is 17.0 Å². The molecule has 0 saturated carbocycles. The molecule has 2 aromatic rings. The smallest absolute Gasteiger partial charge is 0.243 e. The third-order valence-electron chi connectivity index (χ3n) is 6.77. The first-order valence-corrected chi connectivity index (χ1v) is 13.0. The standard InChI is InChI=1S/C25H32N2O6S/c1-31-22-14-18(15-23(32-2)24(22)33-3)20-16-27(34(29,30)19-10-6-4-7-11-19)17-21(20)25(28)26-12-8-5-9-13-26/h4,6-7,10-11,14-15,20-21H,5,8-9,12-13,16-17H2,1-3H3/t20-,21+/m1/s1. The van der Waals surface area contributed by atoms with Crippen LogP contribution >= 0.6 is 0 Å². The zero-order valence-corrected chi connectivity index (χ0v) is 20.7. The first-order chi connectivity index (χ1) is 16.4. The third-order valence-corrected chi connectivity index (χ3v) is 8.61. The number of rotatable bonds is 7. The summed E-state index contributed by atoms with van der Waals surface area (Å²) in [7, 11) is 0.868. The number of likely N-dealkylation sites (tertiary alicyclic amines) is 1. The fraction of sp³-hybridized carbons (Fsp3) is 0.480. The molecule has 0 aromatic heterocycles. The van der Waals surface area contributed by atoms with Crippen LogP contribution in [0, 0.1) is 5.92 Å². The van der Waals surface area contributed by atoms with Gasteiger partial charge in [-0.15, -0.1) is 0 Å². The van der Waals surface area contributed by atoms with Gasteiger partial charge < -0.3 is 19.1 Å². The second-order valence-electron chi connectivity index (χ2n) is 8.69. The van der Waals surface area contributed by atoms with Crippen molar-refractivity contribution in [2.75, 3.05) is 47.5 Å². The Kier molecular flexibility index (Phi) is 7.33. The summed E-state index contributed by atoms with van der Waals surface area (Å²) in [6.07, 6.45) is 3.05. The Hall–Kier alpha value is -2.78. The van der Waals surface area contributed by atoms with Crippen molar-refractivity contribution in [3.8, 4) is 17.2 Å². The van der Waals surface area contributed by atoms with E-state index in [0.717, 1.165) is 24.8 Å². The SMILES string of the molecule is COc1cc([C@H]2CN(S(=O)(=O)c3ccccc3)C[C@@H]2C(=O)N2CCCCC2)cc(OC)c1OC. The molecule has 8 nitrogen and oxygen atoms in total. The molecule has 0 radical (unpaired) electrons. The van der Waals surface area contributed by atoms with Crippen LogP contribution in [0.3, 0.4) is 0 Å². The van der Waals surface area contributed by atoms with Crippen LogP contribution in [0.15, 0.2) is 47.4 Å². The lowest BCUT2D eigenvalue weighted by Gasteiger charge is -2.31. The van der Waals surface area contributed by atoms with Crippen LogP contribution in [0.4, 0.5) is 0 Å². The number of benzene rings is 2. The average Bonchev–Trinajstić information content (AvgIpc) is 3.34. The maximum atomic E-state index is 13.6. The molecule has 2 atom stereocenters. The fourth-order valence-corrected chi connectivity index (χ4v) is 6.47. The second kappa shape index (κ2) is 10.2. The van der Waals surface area contributed by atoms with Gasteiger partial charge in [-0.2, -0.15) is 4.31 Å². The number of nitrogens with zero attached hydrogens (tertiary/aromatic N) is 2. The summed E-state index contributed by atoms with van der Waals surface area (Å²) >= 11 is 0. The van der Waals surface area contributed by atoms with Crippen LogP contribution in [-0.2, 0) is 14.8 Å². The quantitative estimate of drug-likeness (QED) is 0.595. The molecule has 1 amide bonds. The second-order valence-corrected chi connectivity index (χ2v) is 10.6. The molecule has 2 aromatic carbocycles. The summed E-state index contributed by atoms with van der Waals surface area (Å²) in [6, 6.07) is 12.0. The van der Waals surface area contributed by atoms with Crippen LogP contribution in [0.2, 0.25) is 0 Å². The number of methoxy groups -OCH3 is 3. The largest absolute Gasteiger partial charge is 0.493 e. The zero-order chi connectivity index (χ0) is 24.3. The molecule has 0 unspecified atom stereocenters. The van der Waals surface area contributed by atoms with Gasteiger partial charge in [0.25, 0.3) is 0 Å². The molecule has 2 saturated heterocycles. The lowest BCUT2D eigenvalue weighted by molar-refractivity contribution is -0.136. The summed E-state index contributed by atoms with van der Waals surface area (Å²) < 4.78 is 44.8. The minimum atomic E-state index is -3.75. The highest BCUT2D eigenvalue weighted by atomic mass is 32.2. The molecule has 0 aliphatic carbocycles. The predicted molar refractivity (Wildman–Crippen MR) is 128 cm³/mol. The summed E-state index contributed by atoms with van der Waals surface area (Å²) in [5, 5.41) is 0.